The fourth-order valence-corrected chi connectivity index (χ4v) is 4.08. The van der Waals surface area contributed by atoms with Crippen molar-refractivity contribution >= 4 is 11.6 Å². The van der Waals surface area contributed by atoms with Crippen LogP contribution in [0.1, 0.15) is 30.7 Å². The summed E-state index contributed by atoms with van der Waals surface area (Å²) in [7, 11) is 0. The van der Waals surface area contributed by atoms with Gasteiger partial charge in [-0.05, 0) is 31.5 Å². The molecule has 0 saturated heterocycles. The average Bonchev–Trinajstić information content (AvgIpc) is 3.14. The number of benzene rings is 2. The van der Waals surface area contributed by atoms with Crippen molar-refractivity contribution in [1.29, 1.82) is 0 Å². The van der Waals surface area contributed by atoms with Gasteiger partial charge in [-0.1, -0.05) is 41.9 Å². The van der Waals surface area contributed by atoms with Gasteiger partial charge in [0.15, 0.2) is 11.5 Å². The predicted octanol–water partition coefficient (Wildman–Crippen LogP) is 5.09. The second-order valence-corrected chi connectivity index (χ2v) is 7.53. The first kappa shape index (κ1) is 19.8. The first-order valence-electron chi connectivity index (χ1n) is 10.1. The van der Waals surface area contributed by atoms with Gasteiger partial charge in [0.05, 0.1) is 23.9 Å². The SMILES string of the molecule is CCOc1cc(-c2n[nH]c3c2CN(Cc2ccccc2)CC3)cc(Cl)c1OCC. The van der Waals surface area contributed by atoms with Crippen molar-refractivity contribution in [3.05, 3.63) is 64.3 Å². The lowest BCUT2D eigenvalue weighted by molar-refractivity contribution is 0.245. The van der Waals surface area contributed by atoms with Gasteiger partial charge in [-0.15, -0.1) is 0 Å². The van der Waals surface area contributed by atoms with Crippen molar-refractivity contribution in [2.75, 3.05) is 19.8 Å². The zero-order valence-electron chi connectivity index (χ0n) is 16.9. The molecule has 0 atom stereocenters. The van der Waals surface area contributed by atoms with E-state index in [1.54, 1.807) is 0 Å². The molecule has 1 N–H and O–H groups in total. The van der Waals surface area contributed by atoms with Gasteiger partial charge in [-0.25, -0.2) is 0 Å². The molecule has 2 heterocycles. The number of H-pyrrole nitrogens is 1. The summed E-state index contributed by atoms with van der Waals surface area (Å²) in [6.45, 7) is 7.76. The van der Waals surface area contributed by atoms with Gasteiger partial charge >= 0.3 is 0 Å². The Labute approximate surface area is 176 Å². The fraction of sp³-hybridized carbons (Fsp3) is 0.348. The van der Waals surface area contributed by atoms with Crippen LogP contribution in [0.15, 0.2) is 42.5 Å². The highest BCUT2D eigenvalue weighted by molar-refractivity contribution is 6.32. The summed E-state index contributed by atoms with van der Waals surface area (Å²) in [5.74, 6) is 1.25. The highest BCUT2D eigenvalue weighted by Gasteiger charge is 2.24. The number of ether oxygens (including phenoxy) is 2. The Kier molecular flexibility index (Phi) is 6.07. The predicted molar refractivity (Wildman–Crippen MR) is 116 cm³/mol. The van der Waals surface area contributed by atoms with Crippen molar-refractivity contribution in [2.24, 2.45) is 0 Å². The fourth-order valence-electron chi connectivity index (χ4n) is 3.82. The maximum absolute atomic E-state index is 6.53. The van der Waals surface area contributed by atoms with Gasteiger partial charge in [0, 0.05) is 42.9 Å². The van der Waals surface area contributed by atoms with E-state index in [0.717, 1.165) is 37.3 Å². The molecule has 0 saturated carbocycles. The lowest BCUT2D eigenvalue weighted by Gasteiger charge is -2.27. The molecule has 2 aromatic carbocycles. The lowest BCUT2D eigenvalue weighted by atomic mass is 10.00. The molecule has 5 nitrogen and oxygen atoms in total. The van der Waals surface area contributed by atoms with Crippen molar-refractivity contribution in [3.63, 3.8) is 0 Å². The van der Waals surface area contributed by atoms with E-state index in [-0.39, 0.29) is 0 Å². The number of nitrogens with zero attached hydrogens (tertiary/aromatic N) is 2. The van der Waals surface area contributed by atoms with E-state index in [4.69, 9.17) is 21.1 Å². The Balaban J connectivity index is 1.64. The maximum atomic E-state index is 6.53. The zero-order valence-corrected chi connectivity index (χ0v) is 17.6. The van der Waals surface area contributed by atoms with Crippen LogP contribution in [-0.2, 0) is 19.5 Å². The standard InChI is InChI=1S/C23H26ClN3O2/c1-3-28-21-13-17(12-19(24)23(21)29-4-2)22-18-15-27(11-10-20(18)25-26-22)14-16-8-6-5-7-9-16/h5-9,12-13H,3-4,10-11,14-15H2,1-2H3,(H,25,26). The largest absolute Gasteiger partial charge is 0.490 e. The number of fused-ring (bicyclic) bond motifs is 1. The summed E-state index contributed by atoms with van der Waals surface area (Å²) in [6, 6.07) is 14.5. The van der Waals surface area contributed by atoms with Crippen molar-refractivity contribution in [2.45, 2.75) is 33.4 Å². The summed E-state index contributed by atoms with van der Waals surface area (Å²) in [5, 5.41) is 8.39. The molecule has 1 aromatic heterocycles. The summed E-state index contributed by atoms with van der Waals surface area (Å²) in [4.78, 5) is 2.45. The van der Waals surface area contributed by atoms with Crippen LogP contribution in [0.3, 0.4) is 0 Å². The molecule has 0 unspecified atom stereocenters. The van der Waals surface area contributed by atoms with Gasteiger partial charge in [0.25, 0.3) is 0 Å². The molecule has 6 heteroatoms. The van der Waals surface area contributed by atoms with Crippen molar-refractivity contribution < 1.29 is 9.47 Å². The molecule has 0 fully saturated rings. The zero-order chi connectivity index (χ0) is 20.2. The number of aromatic nitrogens is 2. The summed E-state index contributed by atoms with van der Waals surface area (Å²) >= 11 is 6.53. The van der Waals surface area contributed by atoms with Crippen LogP contribution in [0.2, 0.25) is 5.02 Å². The smallest absolute Gasteiger partial charge is 0.179 e. The molecular formula is C23H26ClN3O2. The molecule has 0 aliphatic carbocycles. The molecule has 0 radical (unpaired) electrons. The van der Waals surface area contributed by atoms with Crippen molar-refractivity contribution in [3.8, 4) is 22.8 Å². The number of aromatic amines is 1. The Morgan fingerprint density at radius 2 is 1.90 bits per heavy atom. The minimum Gasteiger partial charge on any atom is -0.490 e. The van der Waals surface area contributed by atoms with E-state index in [9.17, 15) is 0 Å². The first-order valence-corrected chi connectivity index (χ1v) is 10.5. The number of hydrogen-bond acceptors (Lipinski definition) is 4. The van der Waals surface area contributed by atoms with E-state index in [1.807, 2.05) is 26.0 Å². The number of hydrogen-bond donors (Lipinski definition) is 1. The van der Waals surface area contributed by atoms with Gasteiger partial charge in [-0.2, -0.15) is 5.10 Å². The van der Waals surface area contributed by atoms with Gasteiger partial charge in [0.2, 0.25) is 0 Å². The average molecular weight is 412 g/mol. The Morgan fingerprint density at radius 1 is 1.10 bits per heavy atom. The van der Waals surface area contributed by atoms with E-state index in [1.165, 1.54) is 16.8 Å². The summed E-state index contributed by atoms with van der Waals surface area (Å²) < 4.78 is 11.5. The monoisotopic (exact) mass is 411 g/mol. The van der Waals surface area contributed by atoms with Crippen molar-refractivity contribution in [1.82, 2.24) is 15.1 Å². The highest BCUT2D eigenvalue weighted by atomic mass is 35.5. The normalized spacial score (nSPS) is 13.9. The third-order valence-corrected chi connectivity index (χ3v) is 5.41. The molecule has 4 rings (SSSR count). The molecule has 0 bridgehead atoms. The van der Waals surface area contributed by atoms with Crippen LogP contribution in [0.5, 0.6) is 11.5 Å². The van der Waals surface area contributed by atoms with E-state index < -0.39 is 0 Å². The highest BCUT2D eigenvalue weighted by Crippen LogP contribution is 2.41. The van der Waals surface area contributed by atoms with Crippen LogP contribution in [-0.4, -0.2) is 34.9 Å². The molecule has 1 aliphatic rings. The Hall–Kier alpha value is -2.50. The van der Waals surface area contributed by atoms with Crippen LogP contribution in [0, 0.1) is 0 Å². The number of nitrogens with one attached hydrogen (secondary N) is 1. The minimum absolute atomic E-state index is 0.533. The van der Waals surface area contributed by atoms with Crippen LogP contribution >= 0.6 is 11.6 Å². The van der Waals surface area contributed by atoms with E-state index >= 15 is 0 Å². The Morgan fingerprint density at radius 3 is 2.66 bits per heavy atom. The number of halogens is 1. The van der Waals surface area contributed by atoms with Crippen LogP contribution in [0.4, 0.5) is 0 Å². The van der Waals surface area contributed by atoms with Gasteiger partial charge in [0.1, 0.15) is 0 Å². The van der Waals surface area contributed by atoms with Gasteiger partial charge in [-0.3, -0.25) is 10.00 Å². The molecule has 0 amide bonds. The second-order valence-electron chi connectivity index (χ2n) is 7.13. The maximum Gasteiger partial charge on any atom is 0.179 e. The third-order valence-electron chi connectivity index (χ3n) is 5.13. The number of rotatable bonds is 7. The van der Waals surface area contributed by atoms with E-state index in [0.29, 0.717) is 29.7 Å². The summed E-state index contributed by atoms with van der Waals surface area (Å²) in [5.41, 5.74) is 5.63. The van der Waals surface area contributed by atoms with E-state index in [2.05, 4.69) is 45.4 Å². The molecule has 29 heavy (non-hydrogen) atoms. The minimum atomic E-state index is 0.533. The van der Waals surface area contributed by atoms with Crippen LogP contribution < -0.4 is 9.47 Å². The molecule has 152 valence electrons. The summed E-state index contributed by atoms with van der Waals surface area (Å²) in [6.07, 6.45) is 0.957. The topological polar surface area (TPSA) is 50.4 Å². The molecule has 1 aliphatic heterocycles. The lowest BCUT2D eigenvalue weighted by Crippen LogP contribution is -2.29. The van der Waals surface area contributed by atoms with Crippen LogP contribution in [0.25, 0.3) is 11.3 Å². The first-order chi connectivity index (χ1) is 14.2. The second kappa shape index (κ2) is 8.89. The van der Waals surface area contributed by atoms with Gasteiger partial charge < -0.3 is 9.47 Å². The molecule has 0 spiro atoms. The molecular weight excluding hydrogens is 386 g/mol. The third kappa shape index (κ3) is 4.26. The quantitative estimate of drug-likeness (QED) is 0.588. The molecule has 3 aromatic rings. The Bertz CT molecular complexity index is 972.